The van der Waals surface area contributed by atoms with Crippen LogP contribution in [0.2, 0.25) is 0 Å². The average molecular weight is 252 g/mol. The first-order valence-corrected chi connectivity index (χ1v) is 7.09. The number of amides is 2. The lowest BCUT2D eigenvalue weighted by Gasteiger charge is -2.44. The van der Waals surface area contributed by atoms with E-state index in [9.17, 15) is 9.59 Å². The van der Waals surface area contributed by atoms with Crippen LogP contribution in [0.5, 0.6) is 0 Å². The molecular weight excluding hydrogens is 228 g/mol. The minimum atomic E-state index is -0.301. The zero-order valence-electron chi connectivity index (χ0n) is 11.4. The highest BCUT2D eigenvalue weighted by Gasteiger charge is 2.48. The Kier molecular flexibility index (Phi) is 4.05. The topological polar surface area (TPSA) is 58.2 Å². The molecule has 0 bridgehead atoms. The molecule has 2 aliphatic rings. The monoisotopic (exact) mass is 252 g/mol. The van der Waals surface area contributed by atoms with Gasteiger partial charge in [0.2, 0.25) is 11.8 Å². The van der Waals surface area contributed by atoms with Crippen LogP contribution in [0.1, 0.15) is 46.0 Å². The van der Waals surface area contributed by atoms with Gasteiger partial charge in [0.15, 0.2) is 0 Å². The molecule has 0 saturated carbocycles. The summed E-state index contributed by atoms with van der Waals surface area (Å²) in [6, 6.07) is 0. The molecule has 1 atom stereocenters. The summed E-state index contributed by atoms with van der Waals surface area (Å²) in [5.74, 6) is 0.792. The number of hydrogen-bond donors (Lipinski definition) is 2. The van der Waals surface area contributed by atoms with E-state index in [4.69, 9.17) is 0 Å². The van der Waals surface area contributed by atoms with Crippen LogP contribution in [-0.4, -0.2) is 24.9 Å². The normalized spacial score (nSPS) is 30.6. The van der Waals surface area contributed by atoms with Crippen LogP contribution in [0.4, 0.5) is 0 Å². The predicted octanol–water partition coefficient (Wildman–Crippen LogP) is 1.46. The fraction of sp³-hybridized carbons (Fsp3) is 0.857. The Morgan fingerprint density at radius 3 is 2.50 bits per heavy atom. The first-order valence-electron chi connectivity index (χ1n) is 7.09. The fourth-order valence-electron chi connectivity index (χ4n) is 3.62. The van der Waals surface area contributed by atoms with E-state index in [-0.39, 0.29) is 17.2 Å². The van der Waals surface area contributed by atoms with Gasteiger partial charge in [0.05, 0.1) is 5.41 Å². The summed E-state index contributed by atoms with van der Waals surface area (Å²) in [6.45, 7) is 6.30. The van der Waals surface area contributed by atoms with Crippen LogP contribution < -0.4 is 10.6 Å². The van der Waals surface area contributed by atoms with Crippen molar-refractivity contribution in [1.29, 1.82) is 0 Å². The number of imide groups is 1. The smallest absolute Gasteiger partial charge is 0.233 e. The van der Waals surface area contributed by atoms with Gasteiger partial charge in [-0.15, -0.1) is 0 Å². The standard InChI is InChI=1S/C14H24N2O2/c1-10(2)9-14(11-4-7-15-8-5-11)6-3-12(17)16-13(14)18/h10-11,15H,3-9H2,1-2H3,(H,16,17,18). The molecule has 0 aromatic rings. The number of piperidine rings is 2. The predicted molar refractivity (Wildman–Crippen MR) is 69.9 cm³/mol. The van der Waals surface area contributed by atoms with Crippen molar-refractivity contribution in [3.8, 4) is 0 Å². The zero-order valence-corrected chi connectivity index (χ0v) is 11.4. The highest BCUT2D eigenvalue weighted by atomic mass is 16.2. The van der Waals surface area contributed by atoms with Gasteiger partial charge in [-0.05, 0) is 50.6 Å². The Balaban J connectivity index is 2.21. The van der Waals surface area contributed by atoms with Crippen molar-refractivity contribution in [1.82, 2.24) is 10.6 Å². The maximum absolute atomic E-state index is 12.4. The summed E-state index contributed by atoms with van der Waals surface area (Å²) in [5, 5.41) is 5.92. The van der Waals surface area contributed by atoms with Crippen molar-refractivity contribution in [2.75, 3.05) is 13.1 Å². The summed E-state index contributed by atoms with van der Waals surface area (Å²) in [6.07, 6.45) is 4.24. The van der Waals surface area contributed by atoms with Gasteiger partial charge in [0.1, 0.15) is 0 Å². The molecule has 0 aromatic carbocycles. The molecule has 2 rings (SSSR count). The summed E-state index contributed by atoms with van der Waals surface area (Å²) in [4.78, 5) is 23.8. The molecular formula is C14H24N2O2. The number of carbonyl (C=O) groups is 2. The number of hydrogen-bond acceptors (Lipinski definition) is 3. The Morgan fingerprint density at radius 1 is 1.28 bits per heavy atom. The largest absolute Gasteiger partial charge is 0.317 e. The number of nitrogens with one attached hydrogen (secondary N) is 2. The van der Waals surface area contributed by atoms with Crippen molar-refractivity contribution in [3.63, 3.8) is 0 Å². The second kappa shape index (κ2) is 5.39. The van der Waals surface area contributed by atoms with Crippen molar-refractivity contribution < 1.29 is 9.59 Å². The Labute approximate surface area is 109 Å². The molecule has 102 valence electrons. The Bertz CT molecular complexity index is 335. The van der Waals surface area contributed by atoms with Gasteiger partial charge in [0.25, 0.3) is 0 Å². The third-order valence-electron chi connectivity index (χ3n) is 4.40. The SMILES string of the molecule is CC(C)CC1(C2CCNCC2)CCC(=O)NC1=O. The van der Waals surface area contributed by atoms with Gasteiger partial charge in [-0.3, -0.25) is 14.9 Å². The molecule has 2 saturated heterocycles. The van der Waals surface area contributed by atoms with Crippen LogP contribution in [0.3, 0.4) is 0 Å². The van der Waals surface area contributed by atoms with E-state index in [0.29, 0.717) is 18.3 Å². The number of carbonyl (C=O) groups excluding carboxylic acids is 2. The molecule has 18 heavy (non-hydrogen) atoms. The van der Waals surface area contributed by atoms with Crippen molar-refractivity contribution in [2.24, 2.45) is 17.3 Å². The average Bonchev–Trinajstić information content (AvgIpc) is 2.34. The Hall–Kier alpha value is -0.900. The lowest BCUT2D eigenvalue weighted by Crippen LogP contribution is -2.54. The molecule has 0 aliphatic carbocycles. The first-order chi connectivity index (χ1) is 8.54. The van der Waals surface area contributed by atoms with Gasteiger partial charge in [-0.25, -0.2) is 0 Å². The molecule has 0 radical (unpaired) electrons. The summed E-state index contributed by atoms with van der Waals surface area (Å²) < 4.78 is 0. The van der Waals surface area contributed by atoms with Gasteiger partial charge in [0, 0.05) is 6.42 Å². The molecule has 4 heteroatoms. The molecule has 2 fully saturated rings. The van der Waals surface area contributed by atoms with E-state index in [1.807, 2.05) is 0 Å². The second-order valence-corrected chi connectivity index (χ2v) is 6.16. The third-order valence-corrected chi connectivity index (χ3v) is 4.40. The maximum Gasteiger partial charge on any atom is 0.233 e. The first kappa shape index (κ1) is 13.5. The summed E-state index contributed by atoms with van der Waals surface area (Å²) in [5.41, 5.74) is -0.301. The minimum absolute atomic E-state index is 0.0145. The van der Waals surface area contributed by atoms with Gasteiger partial charge in [-0.1, -0.05) is 13.8 Å². The van der Waals surface area contributed by atoms with E-state index >= 15 is 0 Å². The molecule has 2 N–H and O–H groups in total. The second-order valence-electron chi connectivity index (χ2n) is 6.16. The van der Waals surface area contributed by atoms with Crippen molar-refractivity contribution >= 4 is 11.8 Å². The summed E-state index contributed by atoms with van der Waals surface area (Å²) in [7, 11) is 0. The zero-order chi connectivity index (χ0) is 13.2. The van der Waals surface area contributed by atoms with Crippen molar-refractivity contribution in [2.45, 2.75) is 46.0 Å². The lowest BCUT2D eigenvalue weighted by molar-refractivity contribution is -0.147. The minimum Gasteiger partial charge on any atom is -0.317 e. The van der Waals surface area contributed by atoms with Gasteiger partial charge < -0.3 is 5.32 Å². The molecule has 0 spiro atoms. The van der Waals surface area contributed by atoms with Crippen molar-refractivity contribution in [3.05, 3.63) is 0 Å². The maximum atomic E-state index is 12.4. The lowest BCUT2D eigenvalue weighted by atomic mass is 9.62. The van der Waals surface area contributed by atoms with Crippen LogP contribution in [0.15, 0.2) is 0 Å². The van der Waals surface area contributed by atoms with E-state index < -0.39 is 0 Å². The highest BCUT2D eigenvalue weighted by Crippen LogP contribution is 2.45. The van der Waals surface area contributed by atoms with Gasteiger partial charge in [-0.2, -0.15) is 0 Å². The number of rotatable bonds is 3. The molecule has 2 heterocycles. The fourth-order valence-corrected chi connectivity index (χ4v) is 3.62. The van der Waals surface area contributed by atoms with E-state index in [0.717, 1.165) is 38.8 Å². The summed E-state index contributed by atoms with van der Waals surface area (Å²) >= 11 is 0. The Morgan fingerprint density at radius 2 is 1.94 bits per heavy atom. The third kappa shape index (κ3) is 2.58. The van der Waals surface area contributed by atoms with E-state index in [1.54, 1.807) is 0 Å². The van der Waals surface area contributed by atoms with Crippen LogP contribution in [0, 0.1) is 17.3 Å². The van der Waals surface area contributed by atoms with E-state index in [2.05, 4.69) is 24.5 Å². The van der Waals surface area contributed by atoms with Crippen LogP contribution in [0.25, 0.3) is 0 Å². The highest BCUT2D eigenvalue weighted by molar-refractivity contribution is 6.00. The molecule has 2 aliphatic heterocycles. The van der Waals surface area contributed by atoms with Gasteiger partial charge >= 0.3 is 0 Å². The quantitative estimate of drug-likeness (QED) is 0.748. The molecule has 2 amide bonds. The van der Waals surface area contributed by atoms with Crippen LogP contribution in [-0.2, 0) is 9.59 Å². The molecule has 0 aromatic heterocycles. The molecule has 4 nitrogen and oxygen atoms in total. The van der Waals surface area contributed by atoms with Crippen LogP contribution >= 0.6 is 0 Å². The van der Waals surface area contributed by atoms with E-state index in [1.165, 1.54) is 0 Å². The molecule has 1 unspecified atom stereocenters.